The van der Waals surface area contributed by atoms with Crippen LogP contribution in [0.1, 0.15) is 39.2 Å². The summed E-state index contributed by atoms with van der Waals surface area (Å²) in [5.41, 5.74) is 7.10. The van der Waals surface area contributed by atoms with Gasteiger partial charge in [0, 0.05) is 0 Å². The van der Waals surface area contributed by atoms with E-state index in [1.807, 2.05) is 37.3 Å². The molecule has 0 spiro atoms. The molecule has 4 N–H and O–H groups in total. The van der Waals surface area contributed by atoms with Crippen molar-refractivity contribution in [2.24, 2.45) is 5.73 Å². The van der Waals surface area contributed by atoms with E-state index in [1.165, 1.54) is 19.2 Å². The Hall–Kier alpha value is -4.33. The predicted molar refractivity (Wildman–Crippen MR) is 124 cm³/mol. The molecule has 0 aliphatic heterocycles. The zero-order valence-electron chi connectivity index (χ0n) is 18.3. The summed E-state index contributed by atoms with van der Waals surface area (Å²) in [6, 6.07) is 20.5. The highest BCUT2D eigenvalue weighted by Gasteiger charge is 2.17. The molecule has 0 aliphatic carbocycles. The van der Waals surface area contributed by atoms with E-state index in [4.69, 9.17) is 15.2 Å². The maximum Gasteiger partial charge on any atom is 0.262 e. The molecule has 3 aromatic rings. The van der Waals surface area contributed by atoms with Gasteiger partial charge < -0.3 is 25.8 Å². The Morgan fingerprint density at radius 2 is 1.64 bits per heavy atom. The maximum atomic E-state index is 12.8. The molecular formula is C25H25N3O5. The topological polar surface area (TPSA) is 120 Å². The Morgan fingerprint density at radius 1 is 0.939 bits per heavy atom. The quantitative estimate of drug-likeness (QED) is 0.465. The van der Waals surface area contributed by atoms with Crippen LogP contribution in [0.3, 0.4) is 0 Å². The summed E-state index contributed by atoms with van der Waals surface area (Å²) in [5.74, 6) is -0.947. The van der Waals surface area contributed by atoms with Gasteiger partial charge in [-0.15, -0.1) is 0 Å². The molecule has 3 rings (SSSR count). The van der Waals surface area contributed by atoms with Crippen molar-refractivity contribution in [3.05, 3.63) is 89.5 Å². The first-order chi connectivity index (χ1) is 15.9. The van der Waals surface area contributed by atoms with Crippen molar-refractivity contribution in [1.29, 1.82) is 0 Å². The Kier molecular flexibility index (Phi) is 7.64. The number of carbonyl (C=O) groups excluding carboxylic acids is 3. The predicted octanol–water partition coefficient (Wildman–Crippen LogP) is 3.30. The average molecular weight is 447 g/mol. The van der Waals surface area contributed by atoms with E-state index >= 15 is 0 Å². The third-order valence-electron chi connectivity index (χ3n) is 4.90. The van der Waals surface area contributed by atoms with E-state index in [-0.39, 0.29) is 29.9 Å². The first kappa shape index (κ1) is 23.3. The van der Waals surface area contributed by atoms with Gasteiger partial charge in [0.05, 0.1) is 30.0 Å². The van der Waals surface area contributed by atoms with Crippen LogP contribution in [0.15, 0.2) is 72.8 Å². The van der Waals surface area contributed by atoms with Crippen LogP contribution < -0.4 is 25.8 Å². The number of nitrogens with one attached hydrogen (secondary N) is 2. The molecule has 0 heterocycles. The fourth-order valence-electron chi connectivity index (χ4n) is 3.17. The summed E-state index contributed by atoms with van der Waals surface area (Å²) in [6.07, 6.45) is 0. The van der Waals surface area contributed by atoms with Gasteiger partial charge in [0.15, 0.2) is 6.61 Å². The van der Waals surface area contributed by atoms with Crippen molar-refractivity contribution < 1.29 is 23.9 Å². The number of para-hydroxylation sites is 1. The van der Waals surface area contributed by atoms with Crippen LogP contribution in [0.25, 0.3) is 0 Å². The van der Waals surface area contributed by atoms with E-state index in [1.54, 1.807) is 30.3 Å². The van der Waals surface area contributed by atoms with Crippen LogP contribution in [0.5, 0.6) is 11.5 Å². The minimum absolute atomic E-state index is 0.0943. The molecule has 8 nitrogen and oxygen atoms in total. The second kappa shape index (κ2) is 10.8. The van der Waals surface area contributed by atoms with Crippen molar-refractivity contribution in [3.8, 4) is 11.5 Å². The van der Waals surface area contributed by atoms with Gasteiger partial charge in [-0.2, -0.15) is 0 Å². The number of benzene rings is 3. The van der Waals surface area contributed by atoms with Gasteiger partial charge in [-0.3, -0.25) is 14.4 Å². The normalized spacial score (nSPS) is 11.2. The van der Waals surface area contributed by atoms with Crippen molar-refractivity contribution in [3.63, 3.8) is 0 Å². The number of anilines is 1. The Morgan fingerprint density at radius 3 is 2.33 bits per heavy atom. The summed E-state index contributed by atoms with van der Waals surface area (Å²) in [4.78, 5) is 37.0. The molecule has 3 amide bonds. The molecule has 0 saturated carbocycles. The molecule has 3 aromatic carbocycles. The minimum atomic E-state index is -0.709. The van der Waals surface area contributed by atoms with Gasteiger partial charge in [0.25, 0.3) is 17.7 Å². The molecule has 1 atom stereocenters. The molecule has 0 fully saturated rings. The number of rotatable bonds is 9. The second-order valence-corrected chi connectivity index (χ2v) is 7.21. The third-order valence-corrected chi connectivity index (χ3v) is 4.90. The second-order valence-electron chi connectivity index (χ2n) is 7.21. The summed E-state index contributed by atoms with van der Waals surface area (Å²) in [5, 5.41) is 5.61. The number of hydrogen-bond donors (Lipinski definition) is 3. The first-order valence-electron chi connectivity index (χ1n) is 10.2. The number of carbonyl (C=O) groups is 3. The van der Waals surface area contributed by atoms with Crippen LogP contribution in [0, 0.1) is 0 Å². The average Bonchev–Trinajstić information content (AvgIpc) is 2.83. The molecule has 170 valence electrons. The minimum Gasteiger partial charge on any atom is -0.497 e. The van der Waals surface area contributed by atoms with Gasteiger partial charge in [0.2, 0.25) is 0 Å². The summed E-state index contributed by atoms with van der Waals surface area (Å²) in [6.45, 7) is 1.50. The van der Waals surface area contributed by atoms with E-state index in [0.29, 0.717) is 17.0 Å². The number of ether oxygens (including phenoxy) is 2. The SMILES string of the molecule is COc1ccc(OCC(=O)Nc2ccccc2C(=O)NC(C)c2ccccc2)c(C(N)=O)c1. The highest BCUT2D eigenvalue weighted by Crippen LogP contribution is 2.24. The molecule has 33 heavy (non-hydrogen) atoms. The highest BCUT2D eigenvalue weighted by atomic mass is 16.5. The fourth-order valence-corrected chi connectivity index (χ4v) is 3.17. The monoisotopic (exact) mass is 447 g/mol. The number of methoxy groups -OCH3 is 1. The lowest BCUT2D eigenvalue weighted by Gasteiger charge is -2.16. The van der Waals surface area contributed by atoms with Gasteiger partial charge >= 0.3 is 0 Å². The largest absolute Gasteiger partial charge is 0.497 e. The summed E-state index contributed by atoms with van der Waals surface area (Å²) in [7, 11) is 1.46. The molecule has 0 aliphatic rings. The lowest BCUT2D eigenvalue weighted by Crippen LogP contribution is -2.28. The standard InChI is InChI=1S/C25H25N3O5/c1-16(17-8-4-3-5-9-17)27-25(31)19-10-6-7-11-21(19)28-23(29)15-33-22-13-12-18(32-2)14-20(22)24(26)30/h3-14,16H,15H2,1-2H3,(H2,26,30)(H,27,31)(H,28,29). The Labute approximate surface area is 191 Å². The fraction of sp³-hybridized carbons (Fsp3) is 0.160. The summed E-state index contributed by atoms with van der Waals surface area (Å²) < 4.78 is 10.6. The van der Waals surface area contributed by atoms with Crippen LogP contribution in [-0.4, -0.2) is 31.4 Å². The van der Waals surface area contributed by atoms with E-state index < -0.39 is 11.8 Å². The van der Waals surface area contributed by atoms with E-state index in [0.717, 1.165) is 5.56 Å². The van der Waals surface area contributed by atoms with Gasteiger partial charge in [-0.1, -0.05) is 42.5 Å². The Bertz CT molecular complexity index is 1150. The highest BCUT2D eigenvalue weighted by molar-refractivity contribution is 6.04. The van der Waals surface area contributed by atoms with Crippen molar-refractivity contribution in [2.75, 3.05) is 19.0 Å². The molecular weight excluding hydrogens is 422 g/mol. The van der Waals surface area contributed by atoms with Crippen molar-refractivity contribution in [2.45, 2.75) is 13.0 Å². The molecule has 0 saturated heterocycles. The molecule has 8 heteroatoms. The maximum absolute atomic E-state index is 12.8. The van der Waals surface area contributed by atoms with Gasteiger partial charge in [-0.05, 0) is 42.8 Å². The molecule has 0 bridgehead atoms. The Balaban J connectivity index is 1.66. The van der Waals surface area contributed by atoms with Crippen LogP contribution >= 0.6 is 0 Å². The van der Waals surface area contributed by atoms with Gasteiger partial charge in [0.1, 0.15) is 11.5 Å². The van der Waals surface area contributed by atoms with Crippen LogP contribution in [0.2, 0.25) is 0 Å². The third kappa shape index (κ3) is 6.10. The lowest BCUT2D eigenvalue weighted by atomic mass is 10.1. The van der Waals surface area contributed by atoms with E-state index in [2.05, 4.69) is 10.6 Å². The molecule has 0 radical (unpaired) electrons. The number of nitrogens with two attached hydrogens (primary N) is 1. The van der Waals surface area contributed by atoms with Gasteiger partial charge in [-0.25, -0.2) is 0 Å². The lowest BCUT2D eigenvalue weighted by molar-refractivity contribution is -0.118. The molecule has 1 unspecified atom stereocenters. The number of amides is 3. The number of hydrogen-bond acceptors (Lipinski definition) is 5. The van der Waals surface area contributed by atoms with Crippen molar-refractivity contribution in [1.82, 2.24) is 5.32 Å². The zero-order valence-corrected chi connectivity index (χ0v) is 18.3. The zero-order chi connectivity index (χ0) is 23.8. The van der Waals surface area contributed by atoms with Crippen LogP contribution in [0.4, 0.5) is 5.69 Å². The smallest absolute Gasteiger partial charge is 0.262 e. The van der Waals surface area contributed by atoms with Crippen molar-refractivity contribution >= 4 is 23.4 Å². The summed E-state index contributed by atoms with van der Waals surface area (Å²) >= 11 is 0. The van der Waals surface area contributed by atoms with E-state index in [9.17, 15) is 14.4 Å². The van der Waals surface area contributed by atoms with Crippen LogP contribution in [-0.2, 0) is 4.79 Å². The first-order valence-corrected chi connectivity index (χ1v) is 10.2. The molecule has 0 aromatic heterocycles. The number of primary amides is 1.